The standard InChI is InChI=1S/C17H19F4N5Se/c1-25-7-4-13(12(18)10-25)24-15-14-9-11(3-2-5-22)16(27-17(19,20)21)26(14)8-6-23-15/h6,8-9,12-13H,4-5,7,10,22H2,1H3,(H,23,24). The van der Waals surface area contributed by atoms with Crippen molar-refractivity contribution in [3.8, 4) is 11.8 Å². The van der Waals surface area contributed by atoms with Gasteiger partial charge in [0, 0.05) is 0 Å². The fourth-order valence-electron chi connectivity index (χ4n) is 3.03. The first-order valence-corrected chi connectivity index (χ1v) is 10.0. The molecule has 3 heterocycles. The summed E-state index contributed by atoms with van der Waals surface area (Å²) in [6.45, 7) is 1.09. The average molecular weight is 448 g/mol. The topological polar surface area (TPSA) is 58.6 Å². The molecule has 0 saturated carbocycles. The van der Waals surface area contributed by atoms with E-state index in [1.807, 2.05) is 11.9 Å². The predicted molar refractivity (Wildman–Crippen MR) is 97.0 cm³/mol. The fourth-order valence-corrected chi connectivity index (χ4v) is 4.50. The van der Waals surface area contributed by atoms with Crippen molar-refractivity contribution in [2.75, 3.05) is 32.0 Å². The Bertz CT molecular complexity index is 870. The third-order valence-corrected chi connectivity index (χ3v) is 6.02. The molecular weight excluding hydrogens is 429 g/mol. The second-order valence-electron chi connectivity index (χ2n) is 6.27. The first-order valence-electron chi connectivity index (χ1n) is 8.32. The Kier molecular flexibility index (Phi) is 5.96. The van der Waals surface area contributed by atoms with Crippen LogP contribution in [0.5, 0.6) is 0 Å². The molecule has 0 aliphatic carbocycles. The van der Waals surface area contributed by atoms with Crippen molar-refractivity contribution >= 4 is 30.9 Å². The quantitative estimate of drug-likeness (QED) is 0.417. The fraction of sp³-hybridized carbons (Fsp3) is 0.471. The van der Waals surface area contributed by atoms with E-state index >= 15 is 0 Å². The van der Waals surface area contributed by atoms with E-state index in [0.717, 1.165) is 6.54 Å². The molecule has 0 radical (unpaired) electrons. The van der Waals surface area contributed by atoms with E-state index in [9.17, 15) is 17.6 Å². The molecule has 0 aromatic carbocycles. The Morgan fingerprint density at radius 2 is 2.22 bits per heavy atom. The van der Waals surface area contributed by atoms with E-state index < -0.39 is 32.2 Å². The van der Waals surface area contributed by atoms with Gasteiger partial charge in [-0.2, -0.15) is 0 Å². The summed E-state index contributed by atoms with van der Waals surface area (Å²) in [6.07, 6.45) is 2.38. The summed E-state index contributed by atoms with van der Waals surface area (Å²) in [7, 11) is 1.85. The summed E-state index contributed by atoms with van der Waals surface area (Å²) in [4.78, 5) is 6.13. The monoisotopic (exact) mass is 449 g/mol. The van der Waals surface area contributed by atoms with Crippen molar-refractivity contribution in [2.45, 2.75) is 23.7 Å². The first kappa shape index (κ1) is 20.0. The van der Waals surface area contributed by atoms with Gasteiger partial charge >= 0.3 is 160 Å². The van der Waals surface area contributed by atoms with Gasteiger partial charge in [0.15, 0.2) is 0 Å². The van der Waals surface area contributed by atoms with Gasteiger partial charge < -0.3 is 0 Å². The van der Waals surface area contributed by atoms with Gasteiger partial charge in [-0.1, -0.05) is 0 Å². The van der Waals surface area contributed by atoms with Crippen LogP contribution >= 0.6 is 0 Å². The van der Waals surface area contributed by atoms with Crippen LogP contribution in [0.2, 0.25) is 0 Å². The molecule has 0 spiro atoms. The zero-order chi connectivity index (χ0) is 19.6. The predicted octanol–water partition coefficient (Wildman–Crippen LogP) is 0.948. The van der Waals surface area contributed by atoms with Crippen molar-refractivity contribution in [2.24, 2.45) is 5.73 Å². The maximum absolute atomic E-state index is 14.3. The van der Waals surface area contributed by atoms with Crippen LogP contribution in [-0.2, 0) is 0 Å². The number of hydrogen-bond donors (Lipinski definition) is 2. The van der Waals surface area contributed by atoms with Gasteiger partial charge in [0.1, 0.15) is 0 Å². The van der Waals surface area contributed by atoms with Gasteiger partial charge in [0.25, 0.3) is 0 Å². The number of likely N-dealkylation sites (tertiary alicyclic amines) is 1. The van der Waals surface area contributed by atoms with E-state index in [1.165, 1.54) is 16.8 Å². The van der Waals surface area contributed by atoms with Gasteiger partial charge in [-0.15, -0.1) is 0 Å². The molecule has 1 fully saturated rings. The molecule has 0 bridgehead atoms. The van der Waals surface area contributed by atoms with Crippen LogP contribution in [0.1, 0.15) is 12.0 Å². The summed E-state index contributed by atoms with van der Waals surface area (Å²) in [6, 6.07) is 1.12. The second kappa shape index (κ2) is 8.07. The molecule has 27 heavy (non-hydrogen) atoms. The molecule has 1 saturated heterocycles. The molecule has 1 aliphatic heterocycles. The van der Waals surface area contributed by atoms with Crippen molar-refractivity contribution in [1.29, 1.82) is 0 Å². The number of hydrogen-bond acceptors (Lipinski definition) is 4. The third-order valence-electron chi connectivity index (χ3n) is 4.26. The average Bonchev–Trinajstić information content (AvgIpc) is 2.92. The summed E-state index contributed by atoms with van der Waals surface area (Å²) < 4.78 is 55.1. The number of nitrogens with zero attached hydrogens (tertiary/aromatic N) is 3. The number of aromatic nitrogens is 2. The van der Waals surface area contributed by atoms with Crippen LogP contribution in [0.3, 0.4) is 0 Å². The Labute approximate surface area is 160 Å². The molecule has 2 aromatic rings. The number of halogens is 4. The number of alkyl halides is 4. The zero-order valence-electron chi connectivity index (χ0n) is 14.6. The molecule has 3 rings (SSSR count). The van der Waals surface area contributed by atoms with Gasteiger partial charge in [-0.25, -0.2) is 0 Å². The molecular formula is C17H19F4N5Se. The van der Waals surface area contributed by atoms with Crippen LogP contribution in [0, 0.1) is 11.8 Å². The van der Waals surface area contributed by atoms with Crippen LogP contribution in [0.25, 0.3) is 5.52 Å². The maximum atomic E-state index is 14.3. The molecule has 2 atom stereocenters. The van der Waals surface area contributed by atoms with Crippen LogP contribution in [0.15, 0.2) is 18.5 Å². The number of nitrogens with one attached hydrogen (secondary N) is 1. The van der Waals surface area contributed by atoms with Crippen molar-refractivity contribution < 1.29 is 17.6 Å². The van der Waals surface area contributed by atoms with Crippen LogP contribution in [-0.4, -0.2) is 73.2 Å². The summed E-state index contributed by atoms with van der Waals surface area (Å²) >= 11 is -1.78. The molecule has 0 amide bonds. The molecule has 1 aliphatic rings. The zero-order valence-corrected chi connectivity index (χ0v) is 16.3. The number of anilines is 1. The Balaban J connectivity index is 2.00. The van der Waals surface area contributed by atoms with E-state index in [-0.39, 0.29) is 16.7 Å². The minimum atomic E-state index is -4.32. The molecule has 10 heteroatoms. The summed E-state index contributed by atoms with van der Waals surface area (Å²) in [5.74, 6) is 5.68. The minimum absolute atomic E-state index is 0.0487. The normalized spacial score (nSPS) is 21.1. The molecule has 3 N–H and O–H groups in total. The van der Waals surface area contributed by atoms with Crippen LogP contribution < -0.4 is 15.6 Å². The molecule has 146 valence electrons. The Morgan fingerprint density at radius 1 is 1.44 bits per heavy atom. The number of fused-ring (bicyclic) bond motifs is 1. The van der Waals surface area contributed by atoms with E-state index in [2.05, 4.69) is 22.1 Å². The van der Waals surface area contributed by atoms with Crippen LogP contribution in [0.4, 0.5) is 23.4 Å². The van der Waals surface area contributed by atoms with Crippen molar-refractivity contribution in [1.82, 2.24) is 14.3 Å². The van der Waals surface area contributed by atoms with Crippen molar-refractivity contribution in [3.63, 3.8) is 0 Å². The molecule has 5 nitrogen and oxygen atoms in total. The van der Waals surface area contributed by atoms with Gasteiger partial charge in [-0.05, 0) is 0 Å². The van der Waals surface area contributed by atoms with E-state index in [4.69, 9.17) is 5.73 Å². The third kappa shape index (κ3) is 4.74. The van der Waals surface area contributed by atoms with E-state index in [0.29, 0.717) is 24.3 Å². The van der Waals surface area contributed by atoms with Gasteiger partial charge in [0.05, 0.1) is 0 Å². The number of piperidine rings is 1. The SMILES string of the molecule is CN1CCC(Nc2nccn3c([Se]C(F)(F)F)c(C#CCN)cc23)C(F)C1. The van der Waals surface area contributed by atoms with E-state index in [1.54, 1.807) is 6.07 Å². The Morgan fingerprint density at radius 3 is 2.89 bits per heavy atom. The Hall–Kier alpha value is -1.79. The van der Waals surface area contributed by atoms with Gasteiger partial charge in [-0.3, -0.25) is 0 Å². The van der Waals surface area contributed by atoms with Gasteiger partial charge in [0.2, 0.25) is 0 Å². The van der Waals surface area contributed by atoms with Crippen molar-refractivity contribution in [3.05, 3.63) is 24.0 Å². The summed E-state index contributed by atoms with van der Waals surface area (Å²) in [5, 5.41) is -1.25. The summed E-state index contributed by atoms with van der Waals surface area (Å²) in [5.41, 5.74) is 6.08. The molecule has 2 unspecified atom stereocenters. The first-order chi connectivity index (χ1) is 12.8. The number of rotatable bonds is 3. The number of nitrogens with two attached hydrogens (primary N) is 1. The molecule has 2 aromatic heterocycles. The second-order valence-corrected chi connectivity index (χ2v) is 8.48.